The highest BCUT2D eigenvalue weighted by Crippen LogP contribution is 2.35. The Labute approximate surface area is 120 Å². The van der Waals surface area contributed by atoms with Gasteiger partial charge in [0.2, 0.25) is 6.79 Å². The molecule has 0 atom stereocenters. The Balaban J connectivity index is 1.70. The quantitative estimate of drug-likeness (QED) is 0.816. The van der Waals surface area contributed by atoms with E-state index in [0.717, 1.165) is 6.07 Å². The maximum absolute atomic E-state index is 13.8. The molecule has 5 nitrogen and oxygen atoms in total. The Hall–Kier alpha value is -2.25. The molecule has 0 spiro atoms. The van der Waals surface area contributed by atoms with Crippen molar-refractivity contribution < 1.29 is 28.6 Å². The summed E-state index contributed by atoms with van der Waals surface area (Å²) in [5.74, 6) is 1.22. The van der Waals surface area contributed by atoms with E-state index >= 15 is 0 Å². The number of rotatable bonds is 4. The second-order valence-electron chi connectivity index (χ2n) is 4.53. The summed E-state index contributed by atoms with van der Waals surface area (Å²) in [4.78, 5) is 0. The van der Waals surface area contributed by atoms with E-state index in [1.54, 1.807) is 18.2 Å². The summed E-state index contributed by atoms with van der Waals surface area (Å²) in [6.07, 6.45) is 0. The largest absolute Gasteiger partial charge is 0.489 e. The van der Waals surface area contributed by atoms with E-state index in [0.29, 0.717) is 22.8 Å². The monoisotopic (exact) mass is 290 g/mol. The Morgan fingerprint density at radius 2 is 1.90 bits per heavy atom. The van der Waals surface area contributed by atoms with Crippen LogP contribution in [0.3, 0.4) is 0 Å². The molecular weight excluding hydrogens is 278 g/mol. The zero-order valence-corrected chi connectivity index (χ0v) is 11.0. The van der Waals surface area contributed by atoms with Gasteiger partial charge in [0.1, 0.15) is 18.2 Å². The number of halogens is 1. The van der Waals surface area contributed by atoms with Crippen molar-refractivity contribution >= 4 is 12.6 Å². The minimum Gasteiger partial charge on any atom is -0.489 e. The molecule has 0 unspecified atom stereocenters. The molecule has 1 heterocycles. The summed E-state index contributed by atoms with van der Waals surface area (Å²) in [5.41, 5.74) is 0.413. The molecule has 7 heteroatoms. The molecule has 0 saturated heterocycles. The Morgan fingerprint density at radius 1 is 1.10 bits per heavy atom. The minimum atomic E-state index is -1.69. The van der Waals surface area contributed by atoms with Crippen molar-refractivity contribution in [3.8, 4) is 17.2 Å². The zero-order valence-electron chi connectivity index (χ0n) is 11.0. The fourth-order valence-electron chi connectivity index (χ4n) is 1.97. The molecule has 3 rings (SSSR count). The van der Waals surface area contributed by atoms with Gasteiger partial charge in [0.25, 0.3) is 0 Å². The lowest BCUT2D eigenvalue weighted by molar-refractivity contribution is 0.173. The molecule has 2 N–H and O–H groups in total. The molecule has 0 fully saturated rings. The number of hydrogen-bond acceptors (Lipinski definition) is 5. The summed E-state index contributed by atoms with van der Waals surface area (Å²) in [5, 5.41) is 17.9. The highest BCUT2D eigenvalue weighted by Gasteiger charge is 2.15. The van der Waals surface area contributed by atoms with Gasteiger partial charge in [-0.15, -0.1) is 0 Å². The summed E-state index contributed by atoms with van der Waals surface area (Å²) in [6, 6.07) is 9.06. The van der Waals surface area contributed by atoms with Crippen LogP contribution in [0.15, 0.2) is 36.4 Å². The van der Waals surface area contributed by atoms with Crippen molar-refractivity contribution in [2.75, 3.05) is 6.79 Å². The molecule has 0 saturated carbocycles. The van der Waals surface area contributed by atoms with E-state index in [1.807, 2.05) is 0 Å². The van der Waals surface area contributed by atoms with E-state index in [1.165, 1.54) is 12.1 Å². The van der Waals surface area contributed by atoms with Crippen molar-refractivity contribution in [3.63, 3.8) is 0 Å². The van der Waals surface area contributed by atoms with E-state index < -0.39 is 12.9 Å². The normalized spacial score (nSPS) is 12.3. The lowest BCUT2D eigenvalue weighted by atomic mass is 9.80. The first-order chi connectivity index (χ1) is 10.1. The topological polar surface area (TPSA) is 68.2 Å². The van der Waals surface area contributed by atoms with Crippen LogP contribution in [0, 0.1) is 5.82 Å². The second-order valence-corrected chi connectivity index (χ2v) is 4.53. The average Bonchev–Trinajstić information content (AvgIpc) is 2.93. The number of ether oxygens (including phenoxy) is 3. The van der Waals surface area contributed by atoms with Crippen LogP contribution in [0.2, 0.25) is 0 Å². The van der Waals surface area contributed by atoms with Gasteiger partial charge in [-0.25, -0.2) is 4.39 Å². The van der Waals surface area contributed by atoms with Crippen LogP contribution in [0.1, 0.15) is 5.56 Å². The lowest BCUT2D eigenvalue weighted by Gasteiger charge is -2.09. The van der Waals surface area contributed by atoms with E-state index in [4.69, 9.17) is 24.3 Å². The fraction of sp³-hybridized carbons (Fsp3) is 0.143. The highest BCUT2D eigenvalue weighted by atomic mass is 19.1. The van der Waals surface area contributed by atoms with Gasteiger partial charge in [-0.2, -0.15) is 0 Å². The van der Waals surface area contributed by atoms with Crippen molar-refractivity contribution in [3.05, 3.63) is 47.8 Å². The highest BCUT2D eigenvalue weighted by molar-refractivity contribution is 6.58. The number of benzene rings is 2. The van der Waals surface area contributed by atoms with Crippen molar-refractivity contribution in [1.29, 1.82) is 0 Å². The third kappa shape index (κ3) is 2.93. The molecule has 0 aliphatic carbocycles. The first-order valence-electron chi connectivity index (χ1n) is 6.30. The lowest BCUT2D eigenvalue weighted by Crippen LogP contribution is -2.30. The van der Waals surface area contributed by atoms with Crippen molar-refractivity contribution in [2.24, 2.45) is 0 Å². The van der Waals surface area contributed by atoms with Gasteiger partial charge in [0.05, 0.1) is 0 Å². The number of hydrogen-bond donors (Lipinski definition) is 2. The molecule has 21 heavy (non-hydrogen) atoms. The maximum Gasteiger partial charge on any atom is 0.488 e. The van der Waals surface area contributed by atoms with E-state index in [2.05, 4.69) is 0 Å². The van der Waals surface area contributed by atoms with Gasteiger partial charge in [-0.3, -0.25) is 0 Å². The third-order valence-corrected chi connectivity index (χ3v) is 3.11. The predicted molar refractivity (Wildman–Crippen MR) is 73.1 cm³/mol. The molecular formula is C14H12BFO5. The number of fused-ring (bicyclic) bond motifs is 1. The van der Waals surface area contributed by atoms with Gasteiger partial charge >= 0.3 is 7.12 Å². The van der Waals surface area contributed by atoms with Crippen LogP contribution in [0.25, 0.3) is 0 Å². The molecule has 0 bridgehead atoms. The van der Waals surface area contributed by atoms with Crippen molar-refractivity contribution in [1.82, 2.24) is 0 Å². The second kappa shape index (κ2) is 5.63. The molecule has 108 valence electrons. The first-order valence-corrected chi connectivity index (χ1v) is 6.30. The fourth-order valence-corrected chi connectivity index (χ4v) is 1.97. The summed E-state index contributed by atoms with van der Waals surface area (Å²) < 4.78 is 29.7. The van der Waals surface area contributed by atoms with Gasteiger partial charge in [-0.05, 0) is 23.7 Å². The SMILES string of the molecule is OB(O)c1ccc(COc2ccc3c(c2)OCO3)c(F)c1. The van der Waals surface area contributed by atoms with Crippen LogP contribution >= 0.6 is 0 Å². The standard InChI is InChI=1S/C14H12BFO5/c16-12-5-10(15(17)18)2-1-9(12)7-19-11-3-4-13-14(6-11)21-8-20-13/h1-6,17-18H,7-8H2. The summed E-state index contributed by atoms with van der Waals surface area (Å²) in [7, 11) is -1.69. The molecule has 0 amide bonds. The van der Waals surface area contributed by atoms with Crippen LogP contribution in [-0.2, 0) is 6.61 Å². The average molecular weight is 290 g/mol. The predicted octanol–water partition coefficient (Wildman–Crippen LogP) is 0.813. The smallest absolute Gasteiger partial charge is 0.488 e. The Bertz CT molecular complexity index is 662. The molecule has 1 aliphatic heterocycles. The van der Waals surface area contributed by atoms with Crippen LogP contribution in [0.4, 0.5) is 4.39 Å². The van der Waals surface area contributed by atoms with Crippen LogP contribution in [0.5, 0.6) is 17.2 Å². The van der Waals surface area contributed by atoms with E-state index in [9.17, 15) is 4.39 Å². The van der Waals surface area contributed by atoms with Crippen LogP contribution in [-0.4, -0.2) is 24.0 Å². The minimum absolute atomic E-state index is 0.0211. The summed E-state index contributed by atoms with van der Waals surface area (Å²) in [6.45, 7) is 0.200. The van der Waals surface area contributed by atoms with Crippen molar-refractivity contribution in [2.45, 2.75) is 6.61 Å². The Kier molecular flexibility index (Phi) is 3.68. The van der Waals surface area contributed by atoms with E-state index in [-0.39, 0.29) is 18.9 Å². The van der Waals surface area contributed by atoms with Crippen LogP contribution < -0.4 is 19.7 Å². The first kappa shape index (κ1) is 13.7. The molecule has 2 aromatic rings. The van der Waals surface area contributed by atoms with Gasteiger partial charge < -0.3 is 24.3 Å². The molecule has 2 aromatic carbocycles. The molecule has 0 aromatic heterocycles. The third-order valence-electron chi connectivity index (χ3n) is 3.11. The summed E-state index contributed by atoms with van der Waals surface area (Å²) >= 11 is 0. The maximum atomic E-state index is 13.8. The zero-order chi connectivity index (χ0) is 14.8. The Morgan fingerprint density at radius 3 is 2.67 bits per heavy atom. The molecule has 0 radical (unpaired) electrons. The van der Waals surface area contributed by atoms with Gasteiger partial charge in [-0.1, -0.05) is 12.1 Å². The van der Waals surface area contributed by atoms with Gasteiger partial charge in [0, 0.05) is 11.6 Å². The van der Waals surface area contributed by atoms with Gasteiger partial charge in [0.15, 0.2) is 11.5 Å². The molecule has 1 aliphatic rings.